The first kappa shape index (κ1) is 15.1. The number of hydrogen-bond acceptors (Lipinski definition) is 5. The highest BCUT2D eigenvalue weighted by Crippen LogP contribution is 2.31. The van der Waals surface area contributed by atoms with Crippen LogP contribution in [0.3, 0.4) is 0 Å². The summed E-state index contributed by atoms with van der Waals surface area (Å²) in [6.07, 6.45) is 1.44. The molecule has 1 aromatic rings. The molecule has 0 radical (unpaired) electrons. The van der Waals surface area contributed by atoms with Crippen molar-refractivity contribution >= 4 is 0 Å². The molecule has 0 unspecified atom stereocenters. The third kappa shape index (κ3) is 3.85. The van der Waals surface area contributed by atoms with Crippen LogP contribution < -0.4 is 9.47 Å². The molecular weight excluding hydrogens is 260 g/mol. The molecule has 112 valence electrons. The number of ether oxygens (including phenoxy) is 4. The molecule has 0 spiro atoms. The molecule has 1 fully saturated rings. The molecule has 1 atom stereocenters. The van der Waals surface area contributed by atoms with E-state index in [0.717, 1.165) is 25.2 Å². The lowest BCUT2D eigenvalue weighted by Crippen LogP contribution is -2.25. The zero-order valence-electron chi connectivity index (χ0n) is 12.0. The van der Waals surface area contributed by atoms with Crippen LogP contribution >= 0.6 is 0 Å². The molecule has 0 saturated carbocycles. The van der Waals surface area contributed by atoms with Crippen molar-refractivity contribution in [1.82, 2.24) is 0 Å². The normalized spacial score (nSPS) is 17.8. The lowest BCUT2D eigenvalue weighted by molar-refractivity contribution is -0.183. The second kappa shape index (κ2) is 7.47. The Balaban J connectivity index is 1.92. The fourth-order valence-electron chi connectivity index (χ4n) is 2.22. The summed E-state index contributed by atoms with van der Waals surface area (Å²) < 4.78 is 21.4. The van der Waals surface area contributed by atoms with Gasteiger partial charge in [-0.2, -0.15) is 0 Å². The fourth-order valence-corrected chi connectivity index (χ4v) is 2.22. The molecule has 0 aliphatic carbocycles. The highest BCUT2D eigenvalue weighted by molar-refractivity contribution is 5.43. The smallest absolute Gasteiger partial charge is 0.161 e. The van der Waals surface area contributed by atoms with Crippen molar-refractivity contribution in [1.29, 1.82) is 0 Å². The summed E-state index contributed by atoms with van der Waals surface area (Å²) in [7, 11) is 3.17. The van der Waals surface area contributed by atoms with Gasteiger partial charge in [-0.1, -0.05) is 6.07 Å². The minimum Gasteiger partial charge on any atom is -0.493 e. The monoisotopic (exact) mass is 282 g/mol. The third-order valence-electron chi connectivity index (χ3n) is 3.36. The van der Waals surface area contributed by atoms with Crippen LogP contribution in [-0.4, -0.2) is 38.8 Å². The Labute approximate surface area is 119 Å². The van der Waals surface area contributed by atoms with E-state index in [4.69, 9.17) is 18.9 Å². The molecule has 5 nitrogen and oxygen atoms in total. The van der Waals surface area contributed by atoms with Gasteiger partial charge in [0.1, 0.15) is 0 Å². The summed E-state index contributed by atoms with van der Waals surface area (Å²) in [6, 6.07) is 5.44. The molecule has 0 amide bonds. The summed E-state index contributed by atoms with van der Waals surface area (Å²) >= 11 is 0. The van der Waals surface area contributed by atoms with E-state index < -0.39 is 6.10 Å². The number of benzene rings is 1. The van der Waals surface area contributed by atoms with Gasteiger partial charge in [-0.15, -0.1) is 0 Å². The molecule has 1 aliphatic rings. The Morgan fingerprint density at radius 1 is 1.20 bits per heavy atom. The van der Waals surface area contributed by atoms with Crippen LogP contribution in [0.1, 0.15) is 30.9 Å². The summed E-state index contributed by atoms with van der Waals surface area (Å²) in [5, 5.41) is 10.2. The van der Waals surface area contributed by atoms with Crippen molar-refractivity contribution in [2.24, 2.45) is 0 Å². The Morgan fingerprint density at radius 3 is 2.55 bits per heavy atom. The van der Waals surface area contributed by atoms with Crippen molar-refractivity contribution < 1.29 is 24.1 Å². The quantitative estimate of drug-likeness (QED) is 0.867. The maximum Gasteiger partial charge on any atom is 0.161 e. The number of rotatable bonds is 6. The van der Waals surface area contributed by atoms with E-state index in [1.54, 1.807) is 26.4 Å². The molecule has 1 aromatic carbocycles. The van der Waals surface area contributed by atoms with Crippen LogP contribution in [0.2, 0.25) is 0 Å². The van der Waals surface area contributed by atoms with Gasteiger partial charge in [-0.05, 0) is 30.5 Å². The second-order valence-corrected chi connectivity index (χ2v) is 4.73. The van der Waals surface area contributed by atoms with Crippen LogP contribution in [0.25, 0.3) is 0 Å². The van der Waals surface area contributed by atoms with Gasteiger partial charge in [0.2, 0.25) is 0 Å². The lowest BCUT2D eigenvalue weighted by atomic mass is 10.0. The summed E-state index contributed by atoms with van der Waals surface area (Å²) in [4.78, 5) is 0. The van der Waals surface area contributed by atoms with Crippen molar-refractivity contribution in [3.05, 3.63) is 23.8 Å². The molecule has 20 heavy (non-hydrogen) atoms. The minimum atomic E-state index is -0.566. The molecule has 0 aromatic heterocycles. The van der Waals surface area contributed by atoms with E-state index in [9.17, 15) is 5.11 Å². The number of methoxy groups -OCH3 is 2. The number of aliphatic hydroxyl groups excluding tert-OH is 1. The molecule has 5 heteroatoms. The van der Waals surface area contributed by atoms with Crippen molar-refractivity contribution in [2.75, 3.05) is 27.4 Å². The van der Waals surface area contributed by atoms with Crippen LogP contribution in [-0.2, 0) is 9.47 Å². The number of aliphatic hydroxyl groups is 1. The molecule has 1 N–H and O–H groups in total. The largest absolute Gasteiger partial charge is 0.493 e. The molecule has 1 aliphatic heterocycles. The molecule has 2 rings (SSSR count). The first-order valence-corrected chi connectivity index (χ1v) is 6.87. The Hall–Kier alpha value is -1.30. The summed E-state index contributed by atoms with van der Waals surface area (Å²) in [5.41, 5.74) is 0.804. The van der Waals surface area contributed by atoms with E-state index in [2.05, 4.69) is 0 Å². The zero-order valence-corrected chi connectivity index (χ0v) is 12.0. The van der Waals surface area contributed by atoms with Crippen molar-refractivity contribution in [3.8, 4) is 11.5 Å². The van der Waals surface area contributed by atoms with Crippen molar-refractivity contribution in [2.45, 2.75) is 31.7 Å². The van der Waals surface area contributed by atoms with E-state index in [0.29, 0.717) is 24.3 Å². The van der Waals surface area contributed by atoms with Gasteiger partial charge in [0, 0.05) is 6.42 Å². The minimum absolute atomic E-state index is 0.196. The molecule has 1 heterocycles. The Bertz CT molecular complexity index is 415. The van der Waals surface area contributed by atoms with Gasteiger partial charge in [0.05, 0.1) is 33.5 Å². The van der Waals surface area contributed by atoms with Gasteiger partial charge in [0.15, 0.2) is 17.8 Å². The van der Waals surface area contributed by atoms with Crippen LogP contribution in [0.15, 0.2) is 18.2 Å². The van der Waals surface area contributed by atoms with Crippen LogP contribution in [0, 0.1) is 0 Å². The average molecular weight is 282 g/mol. The Morgan fingerprint density at radius 2 is 1.90 bits per heavy atom. The average Bonchev–Trinajstić information content (AvgIpc) is 2.52. The predicted molar refractivity (Wildman–Crippen MR) is 74.0 cm³/mol. The summed E-state index contributed by atoms with van der Waals surface area (Å²) in [6.45, 7) is 1.47. The highest BCUT2D eigenvalue weighted by atomic mass is 16.7. The maximum atomic E-state index is 10.2. The standard InChI is InChI=1S/C15H22O5/c1-17-13-6-4-11(10-14(13)18-2)12(16)5-7-15-19-8-3-9-20-15/h4,6,10,12,15-16H,3,5,7-9H2,1-2H3/t12-/m0/s1. The van der Waals surface area contributed by atoms with Crippen molar-refractivity contribution in [3.63, 3.8) is 0 Å². The zero-order chi connectivity index (χ0) is 14.4. The van der Waals surface area contributed by atoms with Gasteiger partial charge in [0.25, 0.3) is 0 Å². The predicted octanol–water partition coefficient (Wildman–Crippen LogP) is 2.28. The highest BCUT2D eigenvalue weighted by Gasteiger charge is 2.17. The number of hydrogen-bond donors (Lipinski definition) is 1. The van der Waals surface area contributed by atoms with E-state index in [1.807, 2.05) is 6.07 Å². The summed E-state index contributed by atoms with van der Waals surface area (Å²) in [5.74, 6) is 1.27. The Kier molecular flexibility index (Phi) is 5.64. The van der Waals surface area contributed by atoms with Gasteiger partial charge in [-0.25, -0.2) is 0 Å². The lowest BCUT2D eigenvalue weighted by Gasteiger charge is -2.24. The first-order valence-electron chi connectivity index (χ1n) is 6.87. The molecule has 0 bridgehead atoms. The van der Waals surface area contributed by atoms with Crippen LogP contribution in [0.5, 0.6) is 11.5 Å². The van der Waals surface area contributed by atoms with E-state index >= 15 is 0 Å². The second-order valence-electron chi connectivity index (χ2n) is 4.73. The SMILES string of the molecule is COc1ccc([C@@H](O)CCC2OCCCO2)cc1OC. The topological polar surface area (TPSA) is 57.2 Å². The molecule has 1 saturated heterocycles. The van der Waals surface area contributed by atoms with E-state index in [-0.39, 0.29) is 6.29 Å². The van der Waals surface area contributed by atoms with Crippen LogP contribution in [0.4, 0.5) is 0 Å². The van der Waals surface area contributed by atoms with E-state index in [1.165, 1.54) is 0 Å². The van der Waals surface area contributed by atoms with Gasteiger partial charge < -0.3 is 24.1 Å². The van der Waals surface area contributed by atoms with Gasteiger partial charge in [-0.3, -0.25) is 0 Å². The fraction of sp³-hybridized carbons (Fsp3) is 0.600. The third-order valence-corrected chi connectivity index (χ3v) is 3.36. The first-order chi connectivity index (χ1) is 9.74. The maximum absolute atomic E-state index is 10.2. The molecular formula is C15H22O5. The van der Waals surface area contributed by atoms with Gasteiger partial charge >= 0.3 is 0 Å².